The van der Waals surface area contributed by atoms with E-state index in [1.807, 2.05) is 0 Å². The molecule has 2 aliphatic rings. The Morgan fingerprint density at radius 1 is 1.24 bits per heavy atom. The average Bonchev–Trinajstić information content (AvgIpc) is 3.20. The van der Waals surface area contributed by atoms with Crippen molar-refractivity contribution in [1.29, 1.82) is 0 Å². The fraction of sp³-hybridized carbons (Fsp3) is 0.562. The number of carbonyl (C=O) groups excluding carboxylic acids is 1. The average molecular weight is 291 g/mol. The smallest absolute Gasteiger partial charge is 0.235 e. The van der Waals surface area contributed by atoms with Gasteiger partial charge in [-0.25, -0.2) is 9.18 Å². The van der Waals surface area contributed by atoms with Crippen LogP contribution < -0.4 is 9.47 Å². The molecule has 0 amide bonds. The van der Waals surface area contributed by atoms with Gasteiger partial charge in [0, 0.05) is 6.42 Å². The first-order valence-electron chi connectivity index (χ1n) is 7.19. The molecule has 0 N–H and O–H groups in total. The Morgan fingerprint density at radius 2 is 1.86 bits per heavy atom. The molecular formula is C16H18FNO3. The predicted octanol–water partition coefficient (Wildman–Crippen LogP) is 3.38. The van der Waals surface area contributed by atoms with Crippen LogP contribution in [0.5, 0.6) is 11.5 Å². The summed E-state index contributed by atoms with van der Waals surface area (Å²) in [6, 6.07) is 3.47. The van der Waals surface area contributed by atoms with Gasteiger partial charge in [-0.3, -0.25) is 0 Å². The van der Waals surface area contributed by atoms with Gasteiger partial charge in [0.2, 0.25) is 6.08 Å². The number of rotatable bonds is 3. The predicted molar refractivity (Wildman–Crippen MR) is 75.2 cm³/mol. The highest BCUT2D eigenvalue weighted by Crippen LogP contribution is 2.54. The van der Waals surface area contributed by atoms with E-state index in [-0.39, 0.29) is 0 Å². The summed E-state index contributed by atoms with van der Waals surface area (Å²) < 4.78 is 25.9. The van der Waals surface area contributed by atoms with Gasteiger partial charge in [0.1, 0.15) is 5.67 Å². The van der Waals surface area contributed by atoms with Crippen LogP contribution in [0.1, 0.15) is 44.2 Å². The summed E-state index contributed by atoms with van der Waals surface area (Å²) in [6.45, 7) is 4.11. The molecule has 112 valence electrons. The first-order valence-corrected chi connectivity index (χ1v) is 7.19. The number of benzene rings is 1. The van der Waals surface area contributed by atoms with Gasteiger partial charge in [-0.05, 0) is 49.9 Å². The number of isocyanates is 1. The molecule has 21 heavy (non-hydrogen) atoms. The molecule has 0 saturated heterocycles. The van der Waals surface area contributed by atoms with Crippen LogP contribution >= 0.6 is 0 Å². The van der Waals surface area contributed by atoms with Crippen LogP contribution in [-0.4, -0.2) is 19.3 Å². The number of hydrogen-bond acceptors (Lipinski definition) is 4. The number of hydrogen-bond donors (Lipinski definition) is 0. The van der Waals surface area contributed by atoms with Gasteiger partial charge in [0.15, 0.2) is 11.5 Å². The summed E-state index contributed by atoms with van der Waals surface area (Å²) in [5.41, 5.74) is -0.968. The van der Waals surface area contributed by atoms with Gasteiger partial charge in [-0.2, -0.15) is 4.99 Å². The number of nitrogens with zero attached hydrogens (tertiary/aromatic N) is 1. The second-order valence-corrected chi connectivity index (χ2v) is 6.10. The van der Waals surface area contributed by atoms with Gasteiger partial charge < -0.3 is 9.47 Å². The fourth-order valence-electron chi connectivity index (χ4n) is 2.73. The molecule has 4 nitrogen and oxygen atoms in total. The summed E-state index contributed by atoms with van der Waals surface area (Å²) in [6.07, 6.45) is 3.86. The SMILES string of the molecule is CC(C)(F)c1cc2c(cc1C1(N=C=O)CC1)OCCCO2. The first-order chi connectivity index (χ1) is 9.96. The molecule has 0 atom stereocenters. The number of alkyl halides is 1. The minimum Gasteiger partial charge on any atom is -0.490 e. The van der Waals surface area contributed by atoms with Crippen molar-refractivity contribution in [3.05, 3.63) is 23.3 Å². The molecule has 0 radical (unpaired) electrons. The van der Waals surface area contributed by atoms with Gasteiger partial charge in [-0.1, -0.05) is 0 Å². The van der Waals surface area contributed by atoms with Gasteiger partial charge >= 0.3 is 0 Å². The van der Waals surface area contributed by atoms with E-state index in [1.165, 1.54) is 13.8 Å². The summed E-state index contributed by atoms with van der Waals surface area (Å²) in [5.74, 6) is 1.16. The molecule has 1 aromatic rings. The molecule has 5 heteroatoms. The Morgan fingerprint density at radius 3 is 2.38 bits per heavy atom. The van der Waals surface area contributed by atoms with E-state index in [2.05, 4.69) is 4.99 Å². The lowest BCUT2D eigenvalue weighted by molar-refractivity contribution is 0.217. The molecule has 0 bridgehead atoms. The maximum Gasteiger partial charge on any atom is 0.235 e. The Labute approximate surface area is 123 Å². The highest BCUT2D eigenvalue weighted by Gasteiger charge is 2.48. The minimum atomic E-state index is -1.55. The molecule has 1 saturated carbocycles. The third-order valence-electron chi connectivity index (χ3n) is 4.01. The Hall–Kier alpha value is -1.87. The molecular weight excluding hydrogens is 273 g/mol. The van der Waals surface area contributed by atoms with E-state index in [9.17, 15) is 9.18 Å². The van der Waals surface area contributed by atoms with Crippen molar-refractivity contribution < 1.29 is 18.7 Å². The molecule has 0 spiro atoms. The van der Waals surface area contributed by atoms with Crippen molar-refractivity contribution in [1.82, 2.24) is 0 Å². The third-order valence-corrected chi connectivity index (χ3v) is 4.01. The van der Waals surface area contributed by atoms with E-state index < -0.39 is 11.2 Å². The zero-order valence-corrected chi connectivity index (χ0v) is 12.2. The van der Waals surface area contributed by atoms with Crippen LogP contribution in [0.15, 0.2) is 17.1 Å². The Kier molecular flexibility index (Phi) is 3.25. The van der Waals surface area contributed by atoms with E-state index in [1.54, 1.807) is 18.2 Å². The first kappa shape index (κ1) is 14.1. The lowest BCUT2D eigenvalue weighted by atomic mass is 9.89. The van der Waals surface area contributed by atoms with Gasteiger partial charge in [-0.15, -0.1) is 0 Å². The normalized spacial score (nSPS) is 19.4. The molecule has 0 unspecified atom stereocenters. The van der Waals surface area contributed by atoms with Crippen molar-refractivity contribution in [2.75, 3.05) is 13.2 Å². The van der Waals surface area contributed by atoms with Gasteiger partial charge in [0.05, 0.1) is 18.8 Å². The second-order valence-electron chi connectivity index (χ2n) is 6.10. The largest absolute Gasteiger partial charge is 0.490 e. The van der Waals surface area contributed by atoms with Crippen LogP contribution in [0.3, 0.4) is 0 Å². The van der Waals surface area contributed by atoms with Crippen molar-refractivity contribution in [2.24, 2.45) is 4.99 Å². The zero-order chi connectivity index (χ0) is 15.1. The Bertz CT molecular complexity index is 611. The van der Waals surface area contributed by atoms with Crippen LogP contribution in [0, 0.1) is 0 Å². The highest BCUT2D eigenvalue weighted by atomic mass is 19.1. The Balaban J connectivity index is 2.17. The van der Waals surface area contributed by atoms with Crippen molar-refractivity contribution in [2.45, 2.75) is 44.3 Å². The van der Waals surface area contributed by atoms with E-state index in [4.69, 9.17) is 9.47 Å². The maximum absolute atomic E-state index is 14.6. The molecule has 3 rings (SSSR count). The summed E-state index contributed by atoms with van der Waals surface area (Å²) in [7, 11) is 0. The molecule has 1 aliphatic heterocycles. The monoisotopic (exact) mass is 291 g/mol. The van der Waals surface area contributed by atoms with Crippen molar-refractivity contribution in [3.8, 4) is 11.5 Å². The third kappa shape index (κ3) is 2.54. The van der Waals surface area contributed by atoms with Crippen LogP contribution in [-0.2, 0) is 16.0 Å². The van der Waals surface area contributed by atoms with Gasteiger partial charge in [0.25, 0.3) is 0 Å². The van der Waals surface area contributed by atoms with E-state index >= 15 is 0 Å². The maximum atomic E-state index is 14.6. The van der Waals surface area contributed by atoms with Crippen molar-refractivity contribution >= 4 is 6.08 Å². The highest BCUT2D eigenvalue weighted by molar-refractivity contribution is 5.54. The number of fused-ring (bicyclic) bond motifs is 1. The molecule has 1 fully saturated rings. The number of halogens is 1. The molecule has 1 aromatic carbocycles. The topological polar surface area (TPSA) is 47.9 Å². The quantitative estimate of drug-likeness (QED) is 0.633. The van der Waals surface area contributed by atoms with Crippen LogP contribution in [0.4, 0.5) is 4.39 Å². The van der Waals surface area contributed by atoms with Crippen molar-refractivity contribution in [3.63, 3.8) is 0 Å². The standard InChI is InChI=1S/C16H18FNO3/c1-15(2,17)11-8-13-14(21-7-3-6-20-13)9-12(11)16(4-5-16)18-10-19/h8-9H,3-7H2,1-2H3. The minimum absolute atomic E-state index is 0.503. The molecule has 1 heterocycles. The zero-order valence-electron chi connectivity index (χ0n) is 12.2. The number of aliphatic imine (C=N–C) groups is 1. The lowest BCUT2D eigenvalue weighted by Crippen LogP contribution is -2.17. The summed E-state index contributed by atoms with van der Waals surface area (Å²) >= 11 is 0. The number of ether oxygens (including phenoxy) is 2. The molecule has 0 aromatic heterocycles. The fourth-order valence-corrected chi connectivity index (χ4v) is 2.73. The summed E-state index contributed by atoms with van der Waals surface area (Å²) in [5, 5.41) is 0. The van der Waals surface area contributed by atoms with E-state index in [0.29, 0.717) is 35.8 Å². The van der Waals surface area contributed by atoms with Crippen LogP contribution in [0.2, 0.25) is 0 Å². The lowest BCUT2D eigenvalue weighted by Gasteiger charge is -2.24. The summed E-state index contributed by atoms with van der Waals surface area (Å²) in [4.78, 5) is 14.6. The second kappa shape index (κ2) is 4.85. The van der Waals surface area contributed by atoms with E-state index in [0.717, 1.165) is 19.3 Å². The molecule has 1 aliphatic carbocycles. The van der Waals surface area contributed by atoms with Crippen LogP contribution in [0.25, 0.3) is 0 Å².